The molecule has 2 aromatic heterocycles. The van der Waals surface area contributed by atoms with Crippen molar-refractivity contribution in [1.82, 2.24) is 9.78 Å². The average Bonchev–Trinajstić information content (AvgIpc) is 3.24. The van der Waals surface area contributed by atoms with Gasteiger partial charge in [0.15, 0.2) is 11.2 Å². The number of carbonyl (C=O) groups is 1. The van der Waals surface area contributed by atoms with Gasteiger partial charge in [0.2, 0.25) is 0 Å². The Hall–Kier alpha value is -4.46. The summed E-state index contributed by atoms with van der Waals surface area (Å²) in [6.45, 7) is 9.29. The average molecular weight is 528 g/mol. The number of carbonyl (C=O) groups excluding carboxylic acids is 1. The van der Waals surface area contributed by atoms with E-state index >= 15 is 0 Å². The van der Waals surface area contributed by atoms with E-state index < -0.39 is 17.4 Å². The maximum absolute atomic E-state index is 14.8. The summed E-state index contributed by atoms with van der Waals surface area (Å²) in [6.07, 6.45) is 1.71. The number of rotatable bonds is 5. The molecule has 1 unspecified atom stereocenters. The van der Waals surface area contributed by atoms with Crippen LogP contribution in [-0.4, -0.2) is 21.4 Å². The van der Waals surface area contributed by atoms with Crippen molar-refractivity contribution in [2.45, 2.75) is 46.3 Å². The zero-order chi connectivity index (χ0) is 28.1. The molecule has 0 saturated carbocycles. The normalized spacial score (nSPS) is 12.6. The van der Waals surface area contributed by atoms with Gasteiger partial charge in [-0.3, -0.25) is 9.48 Å². The molecule has 0 aliphatic heterocycles. The number of aryl methyl sites for hydroxylation is 2. The molecule has 1 N–H and O–H groups in total. The second kappa shape index (κ2) is 9.69. The number of halogens is 1. The van der Waals surface area contributed by atoms with Crippen LogP contribution in [-0.2, 0) is 11.8 Å². The zero-order valence-corrected chi connectivity index (χ0v) is 22.8. The second-order valence-electron chi connectivity index (χ2n) is 10.8. The third-order valence-electron chi connectivity index (χ3n) is 6.35. The zero-order valence-electron chi connectivity index (χ0n) is 22.8. The fourth-order valence-corrected chi connectivity index (χ4v) is 4.68. The van der Waals surface area contributed by atoms with E-state index in [1.165, 1.54) is 16.8 Å². The molecule has 1 atom stereocenters. The summed E-state index contributed by atoms with van der Waals surface area (Å²) >= 11 is 0. The van der Waals surface area contributed by atoms with Crippen molar-refractivity contribution in [3.05, 3.63) is 93.5 Å². The summed E-state index contributed by atoms with van der Waals surface area (Å²) in [6, 6.07) is 15.0. The van der Waals surface area contributed by atoms with Crippen molar-refractivity contribution in [3.63, 3.8) is 0 Å². The lowest BCUT2D eigenvalue weighted by molar-refractivity contribution is 0.00706. The topological polar surface area (TPSA) is 86.4 Å². The van der Waals surface area contributed by atoms with E-state index in [0.717, 1.165) is 11.1 Å². The Kier molecular flexibility index (Phi) is 6.50. The summed E-state index contributed by atoms with van der Waals surface area (Å²) in [5, 5.41) is 8.57. The van der Waals surface area contributed by atoms with Gasteiger partial charge in [0.05, 0.1) is 17.0 Å². The minimum atomic E-state index is -0.638. The van der Waals surface area contributed by atoms with Crippen molar-refractivity contribution in [2.75, 3.05) is 5.32 Å². The number of hydrogen-bond acceptors (Lipinski definition) is 6. The highest BCUT2D eigenvalue weighted by atomic mass is 19.1. The largest absolute Gasteiger partial charge is 0.456 e. The minimum Gasteiger partial charge on any atom is -0.456 e. The monoisotopic (exact) mass is 527 g/mol. The molecule has 39 heavy (non-hydrogen) atoms. The maximum atomic E-state index is 14.8. The lowest BCUT2D eigenvalue weighted by Crippen LogP contribution is -2.24. The Labute approximate surface area is 225 Å². The molecule has 0 fully saturated rings. The van der Waals surface area contributed by atoms with Gasteiger partial charge >= 0.3 is 5.97 Å². The highest BCUT2D eigenvalue weighted by Gasteiger charge is 2.22. The van der Waals surface area contributed by atoms with Crippen LogP contribution >= 0.6 is 0 Å². The number of esters is 1. The molecule has 0 spiro atoms. The van der Waals surface area contributed by atoms with E-state index in [4.69, 9.17) is 9.15 Å². The second-order valence-corrected chi connectivity index (χ2v) is 10.8. The van der Waals surface area contributed by atoms with Crippen LogP contribution in [0.1, 0.15) is 55.2 Å². The molecule has 0 aliphatic rings. The van der Waals surface area contributed by atoms with Crippen LogP contribution in [0.4, 0.5) is 10.1 Å². The van der Waals surface area contributed by atoms with E-state index in [0.29, 0.717) is 33.2 Å². The first-order chi connectivity index (χ1) is 18.4. The Morgan fingerprint density at radius 1 is 1.13 bits per heavy atom. The molecule has 5 rings (SSSR count). The van der Waals surface area contributed by atoms with Crippen LogP contribution in [0.5, 0.6) is 0 Å². The Morgan fingerprint density at radius 2 is 1.87 bits per heavy atom. The first kappa shape index (κ1) is 26.2. The number of hydrogen-bond donors (Lipinski definition) is 1. The summed E-state index contributed by atoms with van der Waals surface area (Å²) in [7, 11) is 1.72. The number of para-hydroxylation sites is 1. The Morgan fingerprint density at radius 3 is 2.62 bits per heavy atom. The molecule has 3 aromatic carbocycles. The van der Waals surface area contributed by atoms with Gasteiger partial charge in [-0.25, -0.2) is 9.18 Å². The Bertz CT molecular complexity index is 1800. The fraction of sp³-hybridized carbons (Fsp3) is 0.258. The molecule has 200 valence electrons. The van der Waals surface area contributed by atoms with Crippen molar-refractivity contribution < 1.29 is 18.3 Å². The van der Waals surface area contributed by atoms with Crippen molar-refractivity contribution in [2.24, 2.45) is 7.05 Å². The molecule has 0 aliphatic carbocycles. The number of benzene rings is 3. The SMILES string of the molecule is Cc1cc(C(C)Nc2ccccc2C(=O)OC(C)(C)C)c2oc(-c3cc(F)c4nn(C)cc4c3)cc(=O)c2c1. The molecule has 7 nitrogen and oxygen atoms in total. The van der Waals surface area contributed by atoms with E-state index in [1.807, 2.05) is 46.8 Å². The lowest BCUT2D eigenvalue weighted by Gasteiger charge is -2.22. The molecule has 5 aromatic rings. The van der Waals surface area contributed by atoms with Gasteiger partial charge in [-0.05, 0) is 70.5 Å². The minimum absolute atomic E-state index is 0.232. The molecule has 0 amide bonds. The smallest absolute Gasteiger partial charge is 0.340 e. The predicted molar refractivity (Wildman–Crippen MR) is 151 cm³/mol. The van der Waals surface area contributed by atoms with Gasteiger partial charge in [-0.15, -0.1) is 0 Å². The van der Waals surface area contributed by atoms with E-state index in [1.54, 1.807) is 43.6 Å². The van der Waals surface area contributed by atoms with Crippen molar-refractivity contribution in [1.29, 1.82) is 0 Å². The van der Waals surface area contributed by atoms with Gasteiger partial charge in [0.1, 0.15) is 22.5 Å². The van der Waals surface area contributed by atoms with E-state index in [9.17, 15) is 14.0 Å². The van der Waals surface area contributed by atoms with Gasteiger partial charge in [-0.2, -0.15) is 5.10 Å². The molecule has 0 bridgehead atoms. The molecule has 8 heteroatoms. The Balaban J connectivity index is 1.59. The van der Waals surface area contributed by atoms with Gasteiger partial charge in [0.25, 0.3) is 0 Å². The van der Waals surface area contributed by atoms with Gasteiger partial charge < -0.3 is 14.5 Å². The van der Waals surface area contributed by atoms with Crippen LogP contribution < -0.4 is 10.7 Å². The van der Waals surface area contributed by atoms with Gasteiger partial charge in [-0.1, -0.05) is 18.2 Å². The summed E-state index contributed by atoms with van der Waals surface area (Å²) in [5.41, 5.74) is 2.82. The lowest BCUT2D eigenvalue weighted by atomic mass is 10.00. The third kappa shape index (κ3) is 5.27. The predicted octanol–water partition coefficient (Wildman–Crippen LogP) is 6.92. The number of nitrogens with zero attached hydrogens (tertiary/aromatic N) is 2. The van der Waals surface area contributed by atoms with Crippen molar-refractivity contribution in [3.8, 4) is 11.3 Å². The fourth-order valence-electron chi connectivity index (χ4n) is 4.68. The summed E-state index contributed by atoms with van der Waals surface area (Å²) in [4.78, 5) is 26.1. The first-order valence-electron chi connectivity index (χ1n) is 12.7. The quantitative estimate of drug-likeness (QED) is 0.250. The number of nitrogens with one attached hydrogen (secondary N) is 1. The van der Waals surface area contributed by atoms with Crippen LogP contribution in [0.2, 0.25) is 0 Å². The number of anilines is 1. The van der Waals surface area contributed by atoms with Crippen LogP contribution in [0.3, 0.4) is 0 Å². The highest BCUT2D eigenvalue weighted by Crippen LogP contribution is 2.33. The summed E-state index contributed by atoms with van der Waals surface area (Å²) in [5.74, 6) is -0.680. The third-order valence-corrected chi connectivity index (χ3v) is 6.35. The first-order valence-corrected chi connectivity index (χ1v) is 12.7. The maximum Gasteiger partial charge on any atom is 0.340 e. The van der Waals surface area contributed by atoms with Crippen LogP contribution in [0.25, 0.3) is 33.2 Å². The standard InChI is InChI=1S/C31H30FN3O4/c1-17-11-22(18(2)33-25-10-8-7-9-21(25)30(37)39-31(3,4)5)29-23(12-17)26(36)15-27(38-29)19-13-20-16-35(6)34-28(20)24(32)14-19/h7-16,18,33H,1-6H3. The van der Waals surface area contributed by atoms with Crippen molar-refractivity contribution >= 4 is 33.5 Å². The molecule has 0 saturated heterocycles. The highest BCUT2D eigenvalue weighted by molar-refractivity contribution is 5.96. The summed E-state index contributed by atoms with van der Waals surface area (Å²) < 4.78 is 28.3. The van der Waals surface area contributed by atoms with Crippen LogP contribution in [0.15, 0.2) is 70.0 Å². The molecular formula is C31H30FN3O4. The molecule has 2 heterocycles. The molecular weight excluding hydrogens is 497 g/mol. The number of aromatic nitrogens is 2. The number of fused-ring (bicyclic) bond motifs is 2. The van der Waals surface area contributed by atoms with Gasteiger partial charge in [0, 0.05) is 41.5 Å². The number of ether oxygens (including phenoxy) is 1. The van der Waals surface area contributed by atoms with Crippen LogP contribution in [0, 0.1) is 12.7 Å². The molecule has 0 radical (unpaired) electrons. The van der Waals surface area contributed by atoms with E-state index in [-0.39, 0.29) is 22.7 Å². The van der Waals surface area contributed by atoms with E-state index in [2.05, 4.69) is 10.4 Å².